The van der Waals surface area contributed by atoms with Crippen molar-refractivity contribution < 1.29 is 19.2 Å². The van der Waals surface area contributed by atoms with Gasteiger partial charge in [0.2, 0.25) is 11.8 Å². The molecule has 1 saturated heterocycles. The second kappa shape index (κ2) is 5.02. The summed E-state index contributed by atoms with van der Waals surface area (Å²) >= 11 is 0. The average molecular weight is 281 g/mol. The van der Waals surface area contributed by atoms with Gasteiger partial charge in [-0.3, -0.25) is 35.2 Å². The van der Waals surface area contributed by atoms with Crippen LogP contribution in [0.5, 0.6) is 0 Å². The topological polar surface area (TPSA) is 139 Å². The number of likely N-dealkylation sites (N-methyl/N-ethyl adjacent to an activating group) is 1. The van der Waals surface area contributed by atoms with Gasteiger partial charge in [-0.1, -0.05) is 0 Å². The lowest BCUT2D eigenvalue weighted by atomic mass is 10.0. The van der Waals surface area contributed by atoms with E-state index < -0.39 is 29.7 Å². The molecule has 9 heteroatoms. The predicted molar refractivity (Wildman–Crippen MR) is 66.1 cm³/mol. The molecule has 1 fully saturated rings. The smallest absolute Gasteiger partial charge is 0.277 e. The largest absolute Gasteiger partial charge is 0.394 e. The second-order valence-corrected chi connectivity index (χ2v) is 4.75. The van der Waals surface area contributed by atoms with Crippen molar-refractivity contribution in [3.8, 4) is 0 Å². The van der Waals surface area contributed by atoms with E-state index in [0.717, 1.165) is 4.90 Å². The summed E-state index contributed by atoms with van der Waals surface area (Å²) in [5, 5.41) is 3.31. The van der Waals surface area contributed by atoms with E-state index in [-0.39, 0.29) is 30.7 Å². The van der Waals surface area contributed by atoms with Crippen LogP contribution in [-0.2, 0) is 19.2 Å². The number of amides is 4. The van der Waals surface area contributed by atoms with Crippen molar-refractivity contribution >= 4 is 23.6 Å². The van der Waals surface area contributed by atoms with Crippen molar-refractivity contribution in [2.45, 2.75) is 18.9 Å². The zero-order valence-electron chi connectivity index (χ0n) is 10.9. The standard InChI is InChI=1S/C11H15N5O4/c1-15(13)4-5-8(12)11(20)16(10(5)19)6-2-3-7(17)14-9(6)18/h6H,2-4,12-13H2,1H3,(H,14,17,18). The first kappa shape index (κ1) is 14.2. The number of piperidine rings is 1. The summed E-state index contributed by atoms with van der Waals surface area (Å²) in [6.07, 6.45) is 0.167. The Balaban J connectivity index is 2.24. The van der Waals surface area contributed by atoms with Crippen LogP contribution in [0.3, 0.4) is 0 Å². The van der Waals surface area contributed by atoms with Gasteiger partial charge in [0.05, 0.1) is 5.57 Å². The van der Waals surface area contributed by atoms with Crippen molar-refractivity contribution in [2.75, 3.05) is 13.6 Å². The van der Waals surface area contributed by atoms with Crippen LogP contribution >= 0.6 is 0 Å². The van der Waals surface area contributed by atoms with Crippen LogP contribution in [0.15, 0.2) is 11.3 Å². The fourth-order valence-electron chi connectivity index (χ4n) is 2.23. The van der Waals surface area contributed by atoms with Gasteiger partial charge in [-0.05, 0) is 6.42 Å². The van der Waals surface area contributed by atoms with Crippen LogP contribution in [-0.4, -0.2) is 53.2 Å². The monoisotopic (exact) mass is 281 g/mol. The highest BCUT2D eigenvalue weighted by Gasteiger charge is 2.45. The molecule has 2 aliphatic heterocycles. The summed E-state index contributed by atoms with van der Waals surface area (Å²) in [6.45, 7) is 0.000175. The summed E-state index contributed by atoms with van der Waals surface area (Å²) in [4.78, 5) is 47.9. The summed E-state index contributed by atoms with van der Waals surface area (Å²) in [5.74, 6) is 3.00. The fourth-order valence-corrected chi connectivity index (χ4v) is 2.23. The van der Waals surface area contributed by atoms with Crippen LogP contribution in [0.25, 0.3) is 0 Å². The maximum atomic E-state index is 12.2. The van der Waals surface area contributed by atoms with E-state index in [4.69, 9.17) is 11.6 Å². The Morgan fingerprint density at radius 3 is 2.50 bits per heavy atom. The van der Waals surface area contributed by atoms with Crippen LogP contribution < -0.4 is 16.9 Å². The van der Waals surface area contributed by atoms with Crippen LogP contribution in [0.4, 0.5) is 0 Å². The number of rotatable bonds is 3. The minimum Gasteiger partial charge on any atom is -0.394 e. The summed E-state index contributed by atoms with van der Waals surface area (Å²) in [7, 11) is 1.52. The lowest BCUT2D eigenvalue weighted by molar-refractivity contribution is -0.150. The van der Waals surface area contributed by atoms with E-state index in [1.807, 2.05) is 0 Å². The second-order valence-electron chi connectivity index (χ2n) is 4.75. The summed E-state index contributed by atoms with van der Waals surface area (Å²) < 4.78 is 0. The minimum absolute atomic E-state index is 0.000175. The lowest BCUT2D eigenvalue weighted by Gasteiger charge is -2.28. The van der Waals surface area contributed by atoms with Gasteiger partial charge < -0.3 is 5.73 Å². The Kier molecular flexibility index (Phi) is 3.55. The molecule has 0 aliphatic carbocycles. The van der Waals surface area contributed by atoms with Crippen LogP contribution in [0.2, 0.25) is 0 Å². The number of nitrogens with zero attached hydrogens (tertiary/aromatic N) is 2. The third-order valence-electron chi connectivity index (χ3n) is 3.18. The maximum Gasteiger partial charge on any atom is 0.277 e. The van der Waals surface area contributed by atoms with Crippen LogP contribution in [0, 0.1) is 0 Å². The molecule has 2 aliphatic rings. The number of hydrogen-bond acceptors (Lipinski definition) is 7. The van der Waals surface area contributed by atoms with Crippen molar-refractivity contribution in [3.05, 3.63) is 11.3 Å². The summed E-state index contributed by atoms with van der Waals surface area (Å²) in [5.41, 5.74) is 5.47. The highest BCUT2D eigenvalue weighted by Crippen LogP contribution is 2.23. The van der Waals surface area contributed by atoms with Gasteiger partial charge in [0.25, 0.3) is 11.8 Å². The number of hydrazine groups is 1. The molecule has 1 unspecified atom stereocenters. The zero-order valence-corrected chi connectivity index (χ0v) is 10.9. The third-order valence-corrected chi connectivity index (χ3v) is 3.18. The van der Waals surface area contributed by atoms with E-state index in [9.17, 15) is 19.2 Å². The zero-order chi connectivity index (χ0) is 15.0. The molecule has 0 aromatic heterocycles. The minimum atomic E-state index is -1.01. The molecular weight excluding hydrogens is 266 g/mol. The predicted octanol–water partition coefficient (Wildman–Crippen LogP) is -2.82. The maximum absolute atomic E-state index is 12.2. The van der Waals surface area contributed by atoms with E-state index >= 15 is 0 Å². The van der Waals surface area contributed by atoms with E-state index in [2.05, 4.69) is 5.32 Å². The Morgan fingerprint density at radius 1 is 1.30 bits per heavy atom. The molecule has 108 valence electrons. The van der Waals surface area contributed by atoms with Gasteiger partial charge in [-0.2, -0.15) is 0 Å². The SMILES string of the molecule is CN(N)CC1=C(N)C(=O)N(C2CCC(=O)NC2=O)C1=O. The van der Waals surface area contributed by atoms with Gasteiger partial charge in [0.15, 0.2) is 0 Å². The molecule has 1 atom stereocenters. The first-order chi connectivity index (χ1) is 9.32. The van der Waals surface area contributed by atoms with E-state index in [1.54, 1.807) is 0 Å². The van der Waals surface area contributed by atoms with Crippen LogP contribution in [0.1, 0.15) is 12.8 Å². The molecule has 0 bridgehead atoms. The van der Waals surface area contributed by atoms with Gasteiger partial charge in [-0.25, -0.2) is 5.01 Å². The Hall–Kier alpha value is -2.26. The molecule has 0 aromatic rings. The normalized spacial score (nSPS) is 23.9. The molecule has 9 nitrogen and oxygen atoms in total. The fraction of sp³-hybridized carbons (Fsp3) is 0.455. The molecule has 20 heavy (non-hydrogen) atoms. The molecule has 0 spiro atoms. The molecule has 0 saturated carbocycles. The van der Waals surface area contributed by atoms with Gasteiger partial charge >= 0.3 is 0 Å². The molecule has 0 aromatic carbocycles. The number of carbonyl (C=O) groups is 4. The van der Waals surface area contributed by atoms with Gasteiger partial charge in [-0.15, -0.1) is 0 Å². The van der Waals surface area contributed by atoms with E-state index in [1.165, 1.54) is 12.1 Å². The molecular formula is C11H15N5O4. The Labute approximate surface area is 114 Å². The Bertz CT molecular complexity index is 539. The van der Waals surface area contributed by atoms with E-state index in [0.29, 0.717) is 0 Å². The lowest BCUT2D eigenvalue weighted by Crippen LogP contribution is -2.55. The number of nitrogens with one attached hydrogen (secondary N) is 1. The first-order valence-corrected chi connectivity index (χ1v) is 5.99. The number of imide groups is 2. The number of carbonyl (C=O) groups excluding carboxylic acids is 4. The average Bonchev–Trinajstić information content (AvgIpc) is 2.55. The van der Waals surface area contributed by atoms with Crippen molar-refractivity contribution in [3.63, 3.8) is 0 Å². The van der Waals surface area contributed by atoms with Gasteiger partial charge in [0.1, 0.15) is 11.7 Å². The highest BCUT2D eigenvalue weighted by molar-refractivity contribution is 6.21. The first-order valence-electron chi connectivity index (χ1n) is 5.99. The van der Waals surface area contributed by atoms with Crippen molar-refractivity contribution in [1.29, 1.82) is 0 Å². The third kappa shape index (κ3) is 2.28. The quantitative estimate of drug-likeness (QED) is 0.288. The molecule has 2 heterocycles. The highest BCUT2D eigenvalue weighted by atomic mass is 16.2. The molecule has 4 amide bonds. The molecule has 5 N–H and O–H groups in total. The van der Waals surface area contributed by atoms with Gasteiger partial charge in [0, 0.05) is 20.0 Å². The number of nitrogens with two attached hydrogens (primary N) is 2. The van der Waals surface area contributed by atoms with Crippen molar-refractivity contribution in [2.24, 2.45) is 11.6 Å². The molecule has 2 rings (SSSR count). The summed E-state index contributed by atoms with van der Waals surface area (Å²) in [6, 6.07) is -1.01. The number of hydrogen-bond donors (Lipinski definition) is 3. The molecule has 0 radical (unpaired) electrons. The Morgan fingerprint density at radius 2 is 1.95 bits per heavy atom. The van der Waals surface area contributed by atoms with Crippen molar-refractivity contribution in [1.82, 2.24) is 15.2 Å².